The molecule has 104 valence electrons. The molecular weight excluding hydrogens is 238 g/mol. The highest BCUT2D eigenvalue weighted by molar-refractivity contribution is 5.77. The zero-order valence-electron chi connectivity index (χ0n) is 11.9. The van der Waals surface area contributed by atoms with Gasteiger partial charge in [0.1, 0.15) is 0 Å². The lowest BCUT2D eigenvalue weighted by molar-refractivity contribution is 0.199. The number of carbonyl (C=O) groups is 1. The number of benzene rings is 1. The van der Waals surface area contributed by atoms with Gasteiger partial charge < -0.3 is 16.0 Å². The summed E-state index contributed by atoms with van der Waals surface area (Å²) in [6, 6.07) is 6.68. The number of aryl methyl sites for hydroxylation is 2. The molecule has 1 aliphatic heterocycles. The van der Waals surface area contributed by atoms with Gasteiger partial charge in [-0.15, -0.1) is 0 Å². The van der Waals surface area contributed by atoms with E-state index < -0.39 is 0 Å². The highest BCUT2D eigenvalue weighted by atomic mass is 16.2. The Morgan fingerprint density at radius 1 is 1.47 bits per heavy atom. The molecule has 0 bridgehead atoms. The van der Waals surface area contributed by atoms with Gasteiger partial charge in [0.05, 0.1) is 6.04 Å². The fourth-order valence-corrected chi connectivity index (χ4v) is 2.65. The van der Waals surface area contributed by atoms with E-state index in [-0.39, 0.29) is 18.1 Å². The lowest BCUT2D eigenvalue weighted by atomic mass is 9.99. The van der Waals surface area contributed by atoms with Gasteiger partial charge in [0.15, 0.2) is 0 Å². The van der Waals surface area contributed by atoms with E-state index in [4.69, 9.17) is 5.73 Å². The van der Waals surface area contributed by atoms with Crippen LogP contribution in [0.2, 0.25) is 0 Å². The molecule has 0 radical (unpaired) electrons. The van der Waals surface area contributed by atoms with Crippen molar-refractivity contribution in [1.82, 2.24) is 10.2 Å². The predicted molar refractivity (Wildman–Crippen MR) is 77.0 cm³/mol. The van der Waals surface area contributed by atoms with Crippen LogP contribution in [0.25, 0.3) is 0 Å². The van der Waals surface area contributed by atoms with Gasteiger partial charge in [0.25, 0.3) is 0 Å². The predicted octanol–water partition coefficient (Wildman–Crippen LogP) is 2.11. The molecule has 0 spiro atoms. The molecule has 2 amide bonds. The third-order valence-electron chi connectivity index (χ3n) is 3.86. The number of rotatable bonds is 4. The number of carbonyl (C=O) groups excluding carboxylic acids is 1. The fraction of sp³-hybridized carbons (Fsp3) is 0.533. The van der Waals surface area contributed by atoms with Crippen LogP contribution in [0.4, 0.5) is 4.79 Å². The Kier molecular flexibility index (Phi) is 4.10. The van der Waals surface area contributed by atoms with Crippen LogP contribution in [0, 0.1) is 13.8 Å². The van der Waals surface area contributed by atoms with Gasteiger partial charge in [-0.2, -0.15) is 0 Å². The summed E-state index contributed by atoms with van der Waals surface area (Å²) in [7, 11) is 0. The average molecular weight is 261 g/mol. The molecule has 3 N–H and O–H groups in total. The van der Waals surface area contributed by atoms with E-state index in [0.29, 0.717) is 6.54 Å². The molecular formula is C15H23N3O. The van der Waals surface area contributed by atoms with Crippen LogP contribution in [-0.4, -0.2) is 30.1 Å². The van der Waals surface area contributed by atoms with Crippen LogP contribution in [0.3, 0.4) is 0 Å². The summed E-state index contributed by atoms with van der Waals surface area (Å²) in [5, 5.41) is 3.07. The quantitative estimate of drug-likeness (QED) is 0.872. The lowest BCUT2D eigenvalue weighted by Gasteiger charge is -2.22. The van der Waals surface area contributed by atoms with Crippen molar-refractivity contribution in [2.45, 2.75) is 39.3 Å². The number of nitrogens with one attached hydrogen (secondary N) is 1. The second-order valence-corrected chi connectivity index (χ2v) is 5.44. The first-order valence-electron chi connectivity index (χ1n) is 6.87. The summed E-state index contributed by atoms with van der Waals surface area (Å²) in [5.74, 6) is 0. The van der Waals surface area contributed by atoms with Crippen molar-refractivity contribution < 1.29 is 4.79 Å². The van der Waals surface area contributed by atoms with Crippen LogP contribution in [0.5, 0.6) is 0 Å². The molecule has 1 aromatic carbocycles. The SMILES string of the molecule is Cc1ccc(C)c(C2CN(C(C)CCN)C(=O)N2)c1. The summed E-state index contributed by atoms with van der Waals surface area (Å²) in [5.41, 5.74) is 9.24. The minimum Gasteiger partial charge on any atom is -0.330 e. The van der Waals surface area contributed by atoms with Gasteiger partial charge in [-0.3, -0.25) is 0 Å². The minimum atomic E-state index is 0.0202. The summed E-state index contributed by atoms with van der Waals surface area (Å²) in [4.78, 5) is 13.9. The molecule has 1 heterocycles. The van der Waals surface area contributed by atoms with Crippen molar-refractivity contribution in [3.8, 4) is 0 Å². The Labute approximate surface area is 115 Å². The second kappa shape index (κ2) is 5.61. The average Bonchev–Trinajstić information content (AvgIpc) is 2.74. The molecule has 1 aromatic rings. The molecule has 1 saturated heterocycles. The van der Waals surface area contributed by atoms with E-state index in [9.17, 15) is 4.79 Å². The van der Waals surface area contributed by atoms with Crippen molar-refractivity contribution in [2.24, 2.45) is 5.73 Å². The highest BCUT2D eigenvalue weighted by Gasteiger charge is 2.33. The maximum atomic E-state index is 12.0. The molecule has 0 aromatic heterocycles. The van der Waals surface area contributed by atoms with E-state index in [0.717, 1.165) is 13.0 Å². The van der Waals surface area contributed by atoms with Gasteiger partial charge in [-0.05, 0) is 44.9 Å². The molecule has 1 aliphatic rings. The molecule has 1 fully saturated rings. The topological polar surface area (TPSA) is 58.4 Å². The van der Waals surface area contributed by atoms with Crippen molar-refractivity contribution in [3.63, 3.8) is 0 Å². The summed E-state index contributed by atoms with van der Waals surface area (Å²) in [6.07, 6.45) is 0.840. The summed E-state index contributed by atoms with van der Waals surface area (Å²) in [6.45, 7) is 7.56. The van der Waals surface area contributed by atoms with E-state index >= 15 is 0 Å². The third kappa shape index (κ3) is 2.89. The van der Waals surface area contributed by atoms with Gasteiger partial charge >= 0.3 is 6.03 Å². The number of nitrogens with zero attached hydrogens (tertiary/aromatic N) is 1. The fourth-order valence-electron chi connectivity index (χ4n) is 2.65. The maximum absolute atomic E-state index is 12.0. The lowest BCUT2D eigenvalue weighted by Crippen LogP contribution is -2.37. The molecule has 0 saturated carbocycles. The maximum Gasteiger partial charge on any atom is 0.318 e. The molecule has 2 rings (SSSR count). The summed E-state index contributed by atoms with van der Waals surface area (Å²) < 4.78 is 0. The van der Waals surface area contributed by atoms with Gasteiger partial charge in [0.2, 0.25) is 0 Å². The normalized spacial score (nSPS) is 20.5. The van der Waals surface area contributed by atoms with Crippen molar-refractivity contribution in [2.75, 3.05) is 13.1 Å². The standard InChI is InChI=1S/C15H23N3O/c1-10-4-5-11(2)13(8-10)14-9-18(15(19)17-14)12(3)6-7-16/h4-5,8,12,14H,6-7,9,16H2,1-3H3,(H,17,19). The Hall–Kier alpha value is -1.55. The number of urea groups is 1. The van der Waals surface area contributed by atoms with E-state index in [1.54, 1.807) is 0 Å². The molecule has 4 heteroatoms. The molecule has 2 unspecified atom stereocenters. The smallest absolute Gasteiger partial charge is 0.318 e. The van der Waals surface area contributed by atoms with Crippen LogP contribution < -0.4 is 11.1 Å². The Bertz CT molecular complexity index is 472. The Balaban J connectivity index is 2.16. The second-order valence-electron chi connectivity index (χ2n) is 5.44. The molecule has 19 heavy (non-hydrogen) atoms. The van der Waals surface area contributed by atoms with E-state index in [2.05, 4.69) is 44.3 Å². The first-order chi connectivity index (χ1) is 9.02. The first kappa shape index (κ1) is 13.9. The largest absolute Gasteiger partial charge is 0.330 e. The zero-order chi connectivity index (χ0) is 14.0. The van der Waals surface area contributed by atoms with Crippen LogP contribution in [-0.2, 0) is 0 Å². The third-order valence-corrected chi connectivity index (χ3v) is 3.86. The number of nitrogens with two attached hydrogens (primary N) is 1. The summed E-state index contributed by atoms with van der Waals surface area (Å²) >= 11 is 0. The number of hydrogen-bond donors (Lipinski definition) is 2. The van der Waals surface area contributed by atoms with Crippen molar-refractivity contribution >= 4 is 6.03 Å². The number of hydrogen-bond acceptors (Lipinski definition) is 2. The number of amides is 2. The van der Waals surface area contributed by atoms with E-state index in [1.807, 2.05) is 4.90 Å². The van der Waals surface area contributed by atoms with Crippen LogP contribution >= 0.6 is 0 Å². The van der Waals surface area contributed by atoms with Crippen LogP contribution in [0.15, 0.2) is 18.2 Å². The Morgan fingerprint density at radius 3 is 2.89 bits per heavy atom. The highest BCUT2D eigenvalue weighted by Crippen LogP contribution is 2.25. The van der Waals surface area contributed by atoms with Crippen LogP contribution in [0.1, 0.15) is 36.1 Å². The zero-order valence-corrected chi connectivity index (χ0v) is 11.9. The van der Waals surface area contributed by atoms with E-state index in [1.165, 1.54) is 16.7 Å². The monoisotopic (exact) mass is 261 g/mol. The minimum absolute atomic E-state index is 0.0202. The Morgan fingerprint density at radius 2 is 2.21 bits per heavy atom. The van der Waals surface area contributed by atoms with Crippen molar-refractivity contribution in [3.05, 3.63) is 34.9 Å². The molecule has 2 atom stereocenters. The van der Waals surface area contributed by atoms with Gasteiger partial charge in [0, 0.05) is 12.6 Å². The molecule has 4 nitrogen and oxygen atoms in total. The van der Waals surface area contributed by atoms with Gasteiger partial charge in [-0.25, -0.2) is 4.79 Å². The van der Waals surface area contributed by atoms with Gasteiger partial charge in [-0.1, -0.05) is 23.8 Å². The first-order valence-corrected chi connectivity index (χ1v) is 6.87. The molecule has 0 aliphatic carbocycles. The van der Waals surface area contributed by atoms with Crippen molar-refractivity contribution in [1.29, 1.82) is 0 Å².